The van der Waals surface area contributed by atoms with Gasteiger partial charge in [-0.3, -0.25) is 9.59 Å². The van der Waals surface area contributed by atoms with Crippen molar-refractivity contribution in [2.75, 3.05) is 20.3 Å². The molecule has 0 aliphatic heterocycles. The summed E-state index contributed by atoms with van der Waals surface area (Å²) >= 11 is 11.6. The molecule has 8 heteroatoms. The number of hydrogen-bond donors (Lipinski definition) is 2. The van der Waals surface area contributed by atoms with Crippen LogP contribution in [-0.4, -0.2) is 42.8 Å². The lowest BCUT2D eigenvalue weighted by molar-refractivity contribution is -0.139. The van der Waals surface area contributed by atoms with Crippen molar-refractivity contribution in [2.45, 2.75) is 18.9 Å². The van der Waals surface area contributed by atoms with E-state index in [2.05, 4.69) is 5.32 Å². The molecule has 0 radical (unpaired) electrons. The first-order valence-electron chi connectivity index (χ1n) is 6.35. The Kier molecular flexibility index (Phi) is 6.93. The van der Waals surface area contributed by atoms with Crippen molar-refractivity contribution in [3.8, 4) is 5.75 Å². The van der Waals surface area contributed by atoms with Crippen molar-refractivity contribution in [1.29, 1.82) is 0 Å². The average Bonchev–Trinajstić information content (AvgIpc) is 2.34. The summed E-state index contributed by atoms with van der Waals surface area (Å²) in [6.45, 7) is 1.35. The quantitative estimate of drug-likeness (QED) is 0.752. The summed E-state index contributed by atoms with van der Waals surface area (Å²) in [7, 11) is 1.43. The van der Waals surface area contributed by atoms with Crippen molar-refractivity contribution in [1.82, 2.24) is 5.32 Å². The smallest absolute Gasteiger partial charge is 0.305 e. The van der Waals surface area contributed by atoms with Gasteiger partial charge in [0.05, 0.1) is 18.6 Å². The zero-order valence-corrected chi connectivity index (χ0v) is 13.7. The maximum atomic E-state index is 11.9. The van der Waals surface area contributed by atoms with Crippen LogP contribution >= 0.6 is 23.2 Å². The van der Waals surface area contributed by atoms with Crippen LogP contribution in [0, 0.1) is 0 Å². The third-order valence-corrected chi connectivity index (χ3v) is 3.09. The Hall–Kier alpha value is -1.50. The van der Waals surface area contributed by atoms with Gasteiger partial charge < -0.3 is 19.9 Å². The van der Waals surface area contributed by atoms with E-state index in [0.717, 1.165) is 0 Å². The van der Waals surface area contributed by atoms with E-state index in [1.54, 1.807) is 13.0 Å². The summed E-state index contributed by atoms with van der Waals surface area (Å²) in [5.41, 5.74) is -1.02. The van der Waals surface area contributed by atoms with Gasteiger partial charge in [-0.1, -0.05) is 23.2 Å². The summed E-state index contributed by atoms with van der Waals surface area (Å²) < 4.78 is 10.2. The molecule has 1 unspecified atom stereocenters. The number of amides is 1. The topological polar surface area (TPSA) is 84.9 Å². The molecule has 0 fully saturated rings. The highest BCUT2D eigenvalue weighted by molar-refractivity contribution is 6.34. The number of carboxylic acids is 1. The fourth-order valence-electron chi connectivity index (χ4n) is 1.92. The van der Waals surface area contributed by atoms with Crippen LogP contribution in [0.25, 0.3) is 0 Å². The molecule has 1 rings (SSSR count). The number of methoxy groups -OCH3 is 1. The van der Waals surface area contributed by atoms with Crippen LogP contribution in [0.15, 0.2) is 18.2 Å². The zero-order valence-electron chi connectivity index (χ0n) is 12.2. The summed E-state index contributed by atoms with van der Waals surface area (Å²) in [6, 6.07) is 4.58. The number of carboxylic acid groups (broad SMARTS) is 1. The van der Waals surface area contributed by atoms with Crippen LogP contribution in [0.3, 0.4) is 0 Å². The number of hydrogen-bond acceptors (Lipinski definition) is 4. The highest BCUT2D eigenvalue weighted by Gasteiger charge is 2.29. The lowest BCUT2D eigenvalue weighted by Gasteiger charge is -2.28. The Labute approximate surface area is 138 Å². The summed E-state index contributed by atoms with van der Waals surface area (Å²) in [5.74, 6) is -1.17. The molecule has 6 nitrogen and oxygen atoms in total. The SMILES string of the molecule is COCC(C)(CC(=O)O)NC(=O)COc1cc(Cl)cc(Cl)c1. The highest BCUT2D eigenvalue weighted by Crippen LogP contribution is 2.24. The molecular weight excluding hydrogens is 333 g/mol. The Morgan fingerprint density at radius 2 is 1.86 bits per heavy atom. The first-order chi connectivity index (χ1) is 10.2. The maximum Gasteiger partial charge on any atom is 0.305 e. The van der Waals surface area contributed by atoms with E-state index in [-0.39, 0.29) is 19.6 Å². The predicted molar refractivity (Wildman–Crippen MR) is 82.6 cm³/mol. The number of carbonyl (C=O) groups excluding carboxylic acids is 1. The molecule has 1 aromatic rings. The van der Waals surface area contributed by atoms with E-state index in [9.17, 15) is 9.59 Å². The fraction of sp³-hybridized carbons (Fsp3) is 0.429. The third-order valence-electron chi connectivity index (χ3n) is 2.65. The van der Waals surface area contributed by atoms with Gasteiger partial charge in [0.15, 0.2) is 6.61 Å². The van der Waals surface area contributed by atoms with Crippen LogP contribution in [0.2, 0.25) is 10.0 Å². The van der Waals surface area contributed by atoms with Crippen LogP contribution in [0.5, 0.6) is 5.75 Å². The summed E-state index contributed by atoms with van der Waals surface area (Å²) in [5, 5.41) is 12.3. The molecule has 0 aliphatic carbocycles. The highest BCUT2D eigenvalue weighted by atomic mass is 35.5. The number of aliphatic carboxylic acids is 1. The number of nitrogens with one attached hydrogen (secondary N) is 1. The van der Waals surface area contributed by atoms with Crippen LogP contribution in [-0.2, 0) is 14.3 Å². The molecule has 22 heavy (non-hydrogen) atoms. The Morgan fingerprint density at radius 3 is 2.36 bits per heavy atom. The molecule has 1 atom stereocenters. The molecule has 0 aromatic heterocycles. The number of carbonyl (C=O) groups is 2. The van der Waals surface area contributed by atoms with E-state index in [4.69, 9.17) is 37.8 Å². The van der Waals surface area contributed by atoms with Crippen molar-refractivity contribution in [3.05, 3.63) is 28.2 Å². The molecule has 0 spiro atoms. The van der Waals surface area contributed by atoms with Crippen molar-refractivity contribution < 1.29 is 24.2 Å². The van der Waals surface area contributed by atoms with Gasteiger partial charge in [-0.15, -0.1) is 0 Å². The lowest BCUT2D eigenvalue weighted by Crippen LogP contribution is -2.52. The van der Waals surface area contributed by atoms with E-state index >= 15 is 0 Å². The van der Waals surface area contributed by atoms with Crippen molar-refractivity contribution in [2.24, 2.45) is 0 Å². The summed E-state index contributed by atoms with van der Waals surface area (Å²) in [4.78, 5) is 22.8. The van der Waals surface area contributed by atoms with E-state index in [1.165, 1.54) is 19.2 Å². The number of halogens is 2. The molecule has 0 heterocycles. The minimum Gasteiger partial charge on any atom is -0.484 e. The molecule has 1 amide bonds. The van der Waals surface area contributed by atoms with Gasteiger partial charge in [0.2, 0.25) is 0 Å². The third kappa shape index (κ3) is 6.51. The minimum absolute atomic E-state index is 0.0635. The second-order valence-corrected chi connectivity index (χ2v) is 5.88. The molecule has 0 saturated heterocycles. The monoisotopic (exact) mass is 349 g/mol. The largest absolute Gasteiger partial charge is 0.484 e. The Morgan fingerprint density at radius 1 is 1.27 bits per heavy atom. The van der Waals surface area contributed by atoms with Gasteiger partial charge in [-0.2, -0.15) is 0 Å². The molecule has 1 aromatic carbocycles. The van der Waals surface area contributed by atoms with Gasteiger partial charge in [-0.05, 0) is 25.1 Å². The average molecular weight is 350 g/mol. The molecule has 0 saturated carbocycles. The number of rotatable bonds is 8. The lowest BCUT2D eigenvalue weighted by atomic mass is 9.99. The normalized spacial score (nSPS) is 13.3. The van der Waals surface area contributed by atoms with E-state index < -0.39 is 17.4 Å². The van der Waals surface area contributed by atoms with Gasteiger partial charge in [-0.25, -0.2) is 0 Å². The fourth-order valence-corrected chi connectivity index (χ4v) is 2.42. The first kappa shape index (κ1) is 18.5. The van der Waals surface area contributed by atoms with Crippen LogP contribution < -0.4 is 10.1 Å². The second kappa shape index (κ2) is 8.22. The van der Waals surface area contributed by atoms with Crippen LogP contribution in [0.1, 0.15) is 13.3 Å². The summed E-state index contributed by atoms with van der Waals surface area (Å²) in [6.07, 6.45) is -0.268. The first-order valence-corrected chi connectivity index (χ1v) is 7.10. The standard InChI is InChI=1S/C14H17Cl2NO5/c1-14(8-21-2,6-13(19)20)17-12(18)7-22-11-4-9(15)3-10(16)5-11/h3-5H,6-8H2,1-2H3,(H,17,18)(H,19,20). The van der Waals surface area contributed by atoms with Crippen molar-refractivity contribution >= 4 is 35.1 Å². The van der Waals surface area contributed by atoms with Gasteiger partial charge in [0.25, 0.3) is 5.91 Å². The Bertz CT molecular complexity index is 532. The second-order valence-electron chi connectivity index (χ2n) is 5.01. The molecule has 0 bridgehead atoms. The molecule has 2 N–H and O–H groups in total. The number of benzene rings is 1. The van der Waals surface area contributed by atoms with Gasteiger partial charge in [0, 0.05) is 17.2 Å². The molecule has 0 aliphatic rings. The molecular formula is C14H17Cl2NO5. The molecule has 122 valence electrons. The van der Waals surface area contributed by atoms with Gasteiger partial charge in [0.1, 0.15) is 5.75 Å². The maximum absolute atomic E-state index is 11.9. The minimum atomic E-state index is -1.04. The van der Waals surface area contributed by atoms with E-state index in [0.29, 0.717) is 15.8 Å². The van der Waals surface area contributed by atoms with Crippen molar-refractivity contribution in [3.63, 3.8) is 0 Å². The Balaban J connectivity index is 2.61. The number of ether oxygens (including phenoxy) is 2. The predicted octanol–water partition coefficient (Wildman–Crippen LogP) is 2.37. The zero-order chi connectivity index (χ0) is 16.8. The van der Waals surface area contributed by atoms with E-state index in [1.807, 2.05) is 0 Å². The van der Waals surface area contributed by atoms with Gasteiger partial charge >= 0.3 is 5.97 Å². The van der Waals surface area contributed by atoms with Crippen LogP contribution in [0.4, 0.5) is 0 Å².